The summed E-state index contributed by atoms with van der Waals surface area (Å²) in [4.78, 5) is 15.6. The van der Waals surface area contributed by atoms with Crippen LogP contribution in [0.4, 0.5) is 0 Å². The molecule has 0 saturated carbocycles. The number of nitrogens with zero attached hydrogens (tertiary/aromatic N) is 2. The van der Waals surface area contributed by atoms with Gasteiger partial charge in [-0.2, -0.15) is 0 Å². The second-order valence-corrected chi connectivity index (χ2v) is 5.30. The number of rotatable bonds is 7. The minimum Gasteiger partial charge on any atom is -0.466 e. The summed E-state index contributed by atoms with van der Waals surface area (Å²) in [5.41, 5.74) is 0. The molecule has 1 rings (SSSR count). The van der Waals surface area contributed by atoms with Gasteiger partial charge in [0.15, 0.2) is 0 Å². The molecule has 1 aliphatic heterocycles. The number of aliphatic hydroxyl groups excluding tert-OH is 1. The van der Waals surface area contributed by atoms with Crippen LogP contribution in [0.25, 0.3) is 0 Å². The van der Waals surface area contributed by atoms with Gasteiger partial charge >= 0.3 is 5.97 Å². The maximum Gasteiger partial charge on any atom is 0.308 e. The Morgan fingerprint density at radius 2 is 2.33 bits per heavy atom. The molecule has 0 aromatic carbocycles. The fourth-order valence-electron chi connectivity index (χ4n) is 2.53. The summed E-state index contributed by atoms with van der Waals surface area (Å²) in [7, 11) is 4.13. The first-order chi connectivity index (χ1) is 8.51. The molecule has 0 radical (unpaired) electrons. The normalized spacial score (nSPS) is 22.4. The number of ether oxygens (including phenoxy) is 1. The number of likely N-dealkylation sites (N-methyl/N-ethyl adjacent to an activating group) is 1. The van der Waals surface area contributed by atoms with Gasteiger partial charge in [0.2, 0.25) is 0 Å². The first kappa shape index (κ1) is 15.4. The highest BCUT2D eigenvalue weighted by Crippen LogP contribution is 2.15. The summed E-state index contributed by atoms with van der Waals surface area (Å²) < 4.78 is 4.82. The van der Waals surface area contributed by atoms with Gasteiger partial charge in [-0.1, -0.05) is 0 Å². The number of carbonyl (C=O) groups excluding carboxylic acids is 1. The largest absolute Gasteiger partial charge is 0.466 e. The van der Waals surface area contributed by atoms with E-state index < -0.39 is 6.10 Å². The number of aliphatic hydroxyl groups is 1. The SMILES string of the molecule is CCOC(=O)CC(O)CN(C)CC1CCN(C)C1. The standard InChI is InChI=1S/C13H26N2O3/c1-4-18-13(17)7-12(16)10-15(3)9-11-5-6-14(2)8-11/h11-12,16H,4-10H2,1-3H3. The maximum atomic E-state index is 11.2. The molecule has 5 nitrogen and oxygen atoms in total. The molecule has 0 aromatic rings. The number of hydrogen-bond donors (Lipinski definition) is 1. The van der Waals surface area contributed by atoms with E-state index in [1.807, 2.05) is 7.05 Å². The van der Waals surface area contributed by atoms with Crippen molar-refractivity contribution in [1.82, 2.24) is 9.80 Å². The molecule has 0 bridgehead atoms. The Balaban J connectivity index is 2.18. The third-order valence-corrected chi connectivity index (χ3v) is 3.29. The molecule has 2 atom stereocenters. The summed E-state index contributed by atoms with van der Waals surface area (Å²) in [6.45, 7) is 5.92. The Kier molecular flexibility index (Phi) is 6.60. The fourth-order valence-corrected chi connectivity index (χ4v) is 2.53. The number of esters is 1. The lowest BCUT2D eigenvalue weighted by Crippen LogP contribution is -2.35. The molecule has 1 heterocycles. The number of likely N-dealkylation sites (tertiary alicyclic amines) is 1. The maximum absolute atomic E-state index is 11.2. The van der Waals surface area contributed by atoms with Crippen molar-refractivity contribution in [2.24, 2.45) is 5.92 Å². The van der Waals surface area contributed by atoms with Gasteiger partial charge in [-0.15, -0.1) is 0 Å². The van der Waals surface area contributed by atoms with Crippen LogP contribution in [0.15, 0.2) is 0 Å². The van der Waals surface area contributed by atoms with E-state index in [2.05, 4.69) is 16.8 Å². The Bertz CT molecular complexity index is 261. The van der Waals surface area contributed by atoms with Gasteiger partial charge in [-0.25, -0.2) is 0 Å². The van der Waals surface area contributed by atoms with Crippen LogP contribution in [-0.4, -0.2) is 73.9 Å². The zero-order chi connectivity index (χ0) is 13.5. The van der Waals surface area contributed by atoms with E-state index in [4.69, 9.17) is 4.74 Å². The summed E-state index contributed by atoms with van der Waals surface area (Å²) in [5, 5.41) is 9.79. The van der Waals surface area contributed by atoms with Crippen molar-refractivity contribution in [3.05, 3.63) is 0 Å². The summed E-state index contributed by atoms with van der Waals surface area (Å²) >= 11 is 0. The molecule has 2 unspecified atom stereocenters. The highest BCUT2D eigenvalue weighted by Gasteiger charge is 2.22. The molecule has 5 heteroatoms. The third-order valence-electron chi connectivity index (χ3n) is 3.29. The highest BCUT2D eigenvalue weighted by atomic mass is 16.5. The first-order valence-corrected chi connectivity index (χ1v) is 6.72. The van der Waals surface area contributed by atoms with Crippen LogP contribution in [-0.2, 0) is 9.53 Å². The number of carbonyl (C=O) groups is 1. The molecule has 1 saturated heterocycles. The van der Waals surface area contributed by atoms with Crippen molar-refractivity contribution in [1.29, 1.82) is 0 Å². The van der Waals surface area contributed by atoms with Gasteiger partial charge in [-0.05, 0) is 39.9 Å². The van der Waals surface area contributed by atoms with Crippen molar-refractivity contribution in [2.45, 2.75) is 25.9 Å². The molecule has 1 N–H and O–H groups in total. The van der Waals surface area contributed by atoms with E-state index >= 15 is 0 Å². The minimum absolute atomic E-state index is 0.0861. The van der Waals surface area contributed by atoms with E-state index in [-0.39, 0.29) is 12.4 Å². The second-order valence-electron chi connectivity index (χ2n) is 5.30. The van der Waals surface area contributed by atoms with Crippen LogP contribution in [0.5, 0.6) is 0 Å². The van der Waals surface area contributed by atoms with Gasteiger partial charge in [0.1, 0.15) is 0 Å². The summed E-state index contributed by atoms with van der Waals surface area (Å²) in [6.07, 6.45) is 0.672. The molecule has 0 spiro atoms. The van der Waals surface area contributed by atoms with Crippen molar-refractivity contribution >= 4 is 5.97 Å². The lowest BCUT2D eigenvalue weighted by atomic mass is 10.1. The lowest BCUT2D eigenvalue weighted by Gasteiger charge is -2.23. The zero-order valence-electron chi connectivity index (χ0n) is 11.8. The topological polar surface area (TPSA) is 53.0 Å². The minimum atomic E-state index is -0.631. The van der Waals surface area contributed by atoms with E-state index in [1.165, 1.54) is 6.42 Å². The van der Waals surface area contributed by atoms with E-state index in [0.717, 1.165) is 19.6 Å². The molecule has 1 fully saturated rings. The lowest BCUT2D eigenvalue weighted by molar-refractivity contribution is -0.145. The van der Waals surface area contributed by atoms with Gasteiger partial charge in [0, 0.05) is 19.6 Å². The quantitative estimate of drug-likeness (QED) is 0.660. The van der Waals surface area contributed by atoms with Crippen LogP contribution in [0.1, 0.15) is 19.8 Å². The molecule has 0 aliphatic carbocycles. The zero-order valence-corrected chi connectivity index (χ0v) is 11.8. The van der Waals surface area contributed by atoms with Crippen molar-refractivity contribution in [3.63, 3.8) is 0 Å². The van der Waals surface area contributed by atoms with Crippen molar-refractivity contribution < 1.29 is 14.6 Å². The monoisotopic (exact) mass is 258 g/mol. The van der Waals surface area contributed by atoms with Crippen molar-refractivity contribution in [3.8, 4) is 0 Å². The number of hydrogen-bond acceptors (Lipinski definition) is 5. The fraction of sp³-hybridized carbons (Fsp3) is 0.923. The van der Waals surface area contributed by atoms with Crippen LogP contribution in [0, 0.1) is 5.92 Å². The highest BCUT2D eigenvalue weighted by molar-refractivity contribution is 5.69. The van der Waals surface area contributed by atoms with Crippen LogP contribution < -0.4 is 0 Å². The molecule has 106 valence electrons. The smallest absolute Gasteiger partial charge is 0.308 e. The summed E-state index contributed by atoms with van der Waals surface area (Å²) in [6, 6.07) is 0. The Morgan fingerprint density at radius 1 is 1.61 bits per heavy atom. The second kappa shape index (κ2) is 7.71. The van der Waals surface area contributed by atoms with E-state index in [0.29, 0.717) is 19.1 Å². The van der Waals surface area contributed by atoms with Crippen molar-refractivity contribution in [2.75, 3.05) is 46.9 Å². The van der Waals surface area contributed by atoms with Gasteiger partial charge < -0.3 is 19.6 Å². The summed E-state index contributed by atoms with van der Waals surface area (Å²) in [5.74, 6) is 0.355. The average molecular weight is 258 g/mol. The molecular weight excluding hydrogens is 232 g/mol. The van der Waals surface area contributed by atoms with Gasteiger partial charge in [0.05, 0.1) is 19.1 Å². The van der Waals surface area contributed by atoms with Gasteiger partial charge in [-0.3, -0.25) is 4.79 Å². The first-order valence-electron chi connectivity index (χ1n) is 6.72. The average Bonchev–Trinajstić information content (AvgIpc) is 2.63. The van der Waals surface area contributed by atoms with Crippen LogP contribution >= 0.6 is 0 Å². The van der Waals surface area contributed by atoms with E-state index in [9.17, 15) is 9.90 Å². The Labute approximate surface area is 110 Å². The molecule has 0 amide bonds. The molecule has 18 heavy (non-hydrogen) atoms. The van der Waals surface area contributed by atoms with Crippen LogP contribution in [0.2, 0.25) is 0 Å². The predicted octanol–water partition coefficient (Wildman–Crippen LogP) is 0.184. The van der Waals surface area contributed by atoms with E-state index in [1.54, 1.807) is 6.92 Å². The van der Waals surface area contributed by atoms with Gasteiger partial charge in [0.25, 0.3) is 0 Å². The molecular formula is C13H26N2O3. The van der Waals surface area contributed by atoms with Crippen LogP contribution in [0.3, 0.4) is 0 Å². The molecule has 1 aliphatic rings. The Hall–Kier alpha value is -0.650. The molecule has 0 aromatic heterocycles. The third kappa shape index (κ3) is 5.80. The predicted molar refractivity (Wildman–Crippen MR) is 70.4 cm³/mol. The Morgan fingerprint density at radius 3 is 2.89 bits per heavy atom.